The normalized spacial score (nSPS) is 13.7. The van der Waals surface area contributed by atoms with E-state index in [0.717, 1.165) is 0 Å². The maximum Gasteiger partial charge on any atom is 0.222 e. The molecule has 0 radical (unpaired) electrons. The summed E-state index contributed by atoms with van der Waals surface area (Å²) in [4.78, 5) is 11.6. The molecule has 15 heavy (non-hydrogen) atoms. The Kier molecular flexibility index (Phi) is 6.52. The van der Waals surface area contributed by atoms with Crippen molar-refractivity contribution in [1.29, 1.82) is 0 Å². The summed E-state index contributed by atoms with van der Waals surface area (Å²) < 4.78 is 0. The van der Waals surface area contributed by atoms with Gasteiger partial charge in [-0.25, -0.2) is 0 Å². The molecule has 0 fully saturated rings. The number of aliphatic hydroxyl groups excluding tert-OH is 1. The van der Waals surface area contributed by atoms with Crippen molar-refractivity contribution in [1.82, 2.24) is 5.32 Å². The van der Waals surface area contributed by atoms with Crippen LogP contribution in [-0.4, -0.2) is 30.7 Å². The first-order chi connectivity index (χ1) is 6.93. The number of carbonyl (C=O) groups is 1. The van der Waals surface area contributed by atoms with Gasteiger partial charge in [0.1, 0.15) is 0 Å². The number of nitrogens with one attached hydrogen (secondary N) is 1. The van der Waals surface area contributed by atoms with Crippen molar-refractivity contribution >= 4 is 5.91 Å². The van der Waals surface area contributed by atoms with Crippen LogP contribution in [0.5, 0.6) is 0 Å². The van der Waals surface area contributed by atoms with Crippen LogP contribution in [0.4, 0.5) is 0 Å². The Balaban J connectivity index is 3.88. The second kappa shape index (κ2) is 6.80. The number of nitrogens with two attached hydrogens (primary N) is 1. The Labute approximate surface area is 92.2 Å². The summed E-state index contributed by atoms with van der Waals surface area (Å²) in [5.74, 6) is 0.0198. The van der Waals surface area contributed by atoms with Crippen LogP contribution < -0.4 is 11.1 Å². The molecule has 4 nitrogen and oxygen atoms in total. The number of rotatable bonds is 7. The molecule has 4 N–H and O–H groups in total. The molecule has 0 aliphatic rings. The molecular weight excluding hydrogens is 192 g/mol. The van der Waals surface area contributed by atoms with Crippen molar-refractivity contribution in [2.75, 3.05) is 19.7 Å². The molecule has 1 unspecified atom stereocenters. The van der Waals surface area contributed by atoms with E-state index in [1.165, 1.54) is 0 Å². The average Bonchev–Trinajstić information content (AvgIpc) is 2.14. The van der Waals surface area contributed by atoms with Gasteiger partial charge >= 0.3 is 0 Å². The van der Waals surface area contributed by atoms with Crippen molar-refractivity contribution in [2.24, 2.45) is 17.1 Å². The van der Waals surface area contributed by atoms with Gasteiger partial charge in [-0.15, -0.1) is 0 Å². The highest BCUT2D eigenvalue weighted by atomic mass is 16.3. The minimum absolute atomic E-state index is 0.0278. The first kappa shape index (κ1) is 14.4. The Morgan fingerprint density at radius 1 is 1.53 bits per heavy atom. The van der Waals surface area contributed by atoms with E-state index in [2.05, 4.69) is 5.32 Å². The Morgan fingerprint density at radius 3 is 2.60 bits per heavy atom. The van der Waals surface area contributed by atoms with Crippen molar-refractivity contribution in [3.8, 4) is 0 Å². The predicted octanol–water partition coefficient (Wildman–Crippen LogP) is 0.496. The maximum absolute atomic E-state index is 11.6. The fraction of sp³-hybridized carbons (Fsp3) is 0.909. The third-order valence-electron chi connectivity index (χ3n) is 2.58. The zero-order valence-electron chi connectivity index (χ0n) is 10.0. The van der Waals surface area contributed by atoms with Crippen LogP contribution in [0.25, 0.3) is 0 Å². The van der Waals surface area contributed by atoms with Gasteiger partial charge < -0.3 is 16.2 Å². The summed E-state index contributed by atoms with van der Waals surface area (Å²) in [7, 11) is 0. The highest BCUT2D eigenvalue weighted by Gasteiger charge is 2.19. The lowest BCUT2D eigenvalue weighted by atomic mass is 9.89. The summed E-state index contributed by atoms with van der Waals surface area (Å²) in [5, 5.41) is 11.7. The van der Waals surface area contributed by atoms with Crippen LogP contribution in [0.1, 0.15) is 33.6 Å². The van der Waals surface area contributed by atoms with Crippen molar-refractivity contribution in [3.63, 3.8) is 0 Å². The molecule has 0 heterocycles. The van der Waals surface area contributed by atoms with Gasteiger partial charge in [0, 0.05) is 19.1 Å². The number of amides is 1. The lowest BCUT2D eigenvalue weighted by molar-refractivity contribution is -0.125. The van der Waals surface area contributed by atoms with Crippen LogP contribution >= 0.6 is 0 Å². The van der Waals surface area contributed by atoms with E-state index in [1.807, 2.05) is 20.8 Å². The molecule has 0 saturated carbocycles. The van der Waals surface area contributed by atoms with Crippen molar-refractivity contribution in [3.05, 3.63) is 0 Å². The van der Waals surface area contributed by atoms with Gasteiger partial charge in [0.05, 0.1) is 0 Å². The van der Waals surface area contributed by atoms with E-state index >= 15 is 0 Å². The van der Waals surface area contributed by atoms with Gasteiger partial charge in [0.25, 0.3) is 0 Å². The topological polar surface area (TPSA) is 75.4 Å². The molecule has 0 rings (SSSR count). The summed E-state index contributed by atoms with van der Waals surface area (Å²) in [5.41, 5.74) is 5.34. The van der Waals surface area contributed by atoms with Gasteiger partial charge in [-0.2, -0.15) is 0 Å². The number of hydrogen-bond acceptors (Lipinski definition) is 3. The highest BCUT2D eigenvalue weighted by molar-refractivity contribution is 5.78. The Morgan fingerprint density at radius 2 is 2.13 bits per heavy atom. The van der Waals surface area contributed by atoms with Crippen molar-refractivity contribution in [2.45, 2.75) is 33.6 Å². The molecule has 1 atom stereocenters. The highest BCUT2D eigenvalue weighted by Crippen LogP contribution is 2.18. The minimum Gasteiger partial charge on any atom is -0.396 e. The third kappa shape index (κ3) is 6.47. The third-order valence-corrected chi connectivity index (χ3v) is 2.58. The Hall–Kier alpha value is -0.610. The van der Waals surface area contributed by atoms with E-state index < -0.39 is 0 Å². The van der Waals surface area contributed by atoms with E-state index in [9.17, 15) is 4.79 Å². The van der Waals surface area contributed by atoms with E-state index in [-0.39, 0.29) is 23.8 Å². The number of carbonyl (C=O) groups excluding carboxylic acids is 1. The van der Waals surface area contributed by atoms with Crippen LogP contribution in [0.3, 0.4) is 0 Å². The molecule has 0 saturated heterocycles. The molecule has 1 amide bonds. The van der Waals surface area contributed by atoms with E-state index in [0.29, 0.717) is 25.9 Å². The maximum atomic E-state index is 11.6. The van der Waals surface area contributed by atoms with Gasteiger partial charge in [0.15, 0.2) is 0 Å². The first-order valence-corrected chi connectivity index (χ1v) is 5.51. The van der Waals surface area contributed by atoms with Crippen LogP contribution in [0, 0.1) is 11.3 Å². The molecular formula is C11H24N2O2. The lowest BCUT2D eigenvalue weighted by Gasteiger charge is -2.24. The smallest absolute Gasteiger partial charge is 0.222 e. The largest absolute Gasteiger partial charge is 0.396 e. The molecule has 0 aromatic carbocycles. The predicted molar refractivity (Wildman–Crippen MR) is 61.3 cm³/mol. The SMILES string of the molecule is CC(CCN)C(=O)NCC(C)(C)CCO. The zero-order valence-corrected chi connectivity index (χ0v) is 10.0. The Bertz CT molecular complexity index is 193. The quantitative estimate of drug-likeness (QED) is 0.580. The standard InChI is InChI=1S/C11H24N2O2/c1-9(4-6-12)10(15)13-8-11(2,3)5-7-14/h9,14H,4-8,12H2,1-3H3,(H,13,15). The number of aliphatic hydroxyl groups is 1. The lowest BCUT2D eigenvalue weighted by Crippen LogP contribution is -2.37. The second-order valence-corrected chi connectivity index (χ2v) is 4.83. The molecule has 0 bridgehead atoms. The molecule has 4 heteroatoms. The van der Waals surface area contributed by atoms with Crippen LogP contribution in [-0.2, 0) is 4.79 Å². The van der Waals surface area contributed by atoms with Crippen molar-refractivity contribution < 1.29 is 9.90 Å². The first-order valence-electron chi connectivity index (χ1n) is 5.51. The van der Waals surface area contributed by atoms with E-state index in [1.54, 1.807) is 0 Å². The van der Waals surface area contributed by atoms with Gasteiger partial charge in [-0.05, 0) is 24.8 Å². The van der Waals surface area contributed by atoms with Gasteiger partial charge in [-0.3, -0.25) is 4.79 Å². The minimum atomic E-state index is -0.0488. The van der Waals surface area contributed by atoms with E-state index in [4.69, 9.17) is 10.8 Å². The summed E-state index contributed by atoms with van der Waals surface area (Å²) in [6, 6.07) is 0. The average molecular weight is 216 g/mol. The molecule has 90 valence electrons. The molecule has 0 spiro atoms. The summed E-state index contributed by atoms with van der Waals surface area (Å²) >= 11 is 0. The van der Waals surface area contributed by atoms with Crippen LogP contribution in [0.15, 0.2) is 0 Å². The summed E-state index contributed by atoms with van der Waals surface area (Å²) in [6.07, 6.45) is 1.41. The molecule has 0 aliphatic heterocycles. The fourth-order valence-electron chi connectivity index (χ4n) is 1.27. The van der Waals surface area contributed by atoms with Gasteiger partial charge in [0.2, 0.25) is 5.91 Å². The molecule has 0 aromatic heterocycles. The monoisotopic (exact) mass is 216 g/mol. The number of hydrogen-bond donors (Lipinski definition) is 3. The molecule has 0 aromatic rings. The van der Waals surface area contributed by atoms with Gasteiger partial charge in [-0.1, -0.05) is 20.8 Å². The summed E-state index contributed by atoms with van der Waals surface area (Å²) in [6.45, 7) is 7.21. The second-order valence-electron chi connectivity index (χ2n) is 4.83. The molecule has 0 aliphatic carbocycles. The zero-order chi connectivity index (χ0) is 11.9. The van der Waals surface area contributed by atoms with Crippen LogP contribution in [0.2, 0.25) is 0 Å². The fourth-order valence-corrected chi connectivity index (χ4v) is 1.27.